The summed E-state index contributed by atoms with van der Waals surface area (Å²) >= 11 is 0. The highest BCUT2D eigenvalue weighted by atomic mass is 28.4. The first-order valence-electron chi connectivity index (χ1n) is 10.2. The van der Waals surface area contributed by atoms with Crippen molar-refractivity contribution in [1.29, 1.82) is 0 Å². The Bertz CT molecular complexity index is 478. The van der Waals surface area contributed by atoms with E-state index in [0.29, 0.717) is 18.3 Å². The molecule has 1 aliphatic heterocycles. The van der Waals surface area contributed by atoms with E-state index in [9.17, 15) is 4.79 Å². The number of esters is 1. The minimum atomic E-state index is -1.82. The molecule has 0 spiro atoms. The molecule has 0 amide bonds. The summed E-state index contributed by atoms with van der Waals surface area (Å²) < 4.78 is 12.3. The molecule has 4 atom stereocenters. The van der Waals surface area contributed by atoms with Gasteiger partial charge in [-0.25, -0.2) is 0 Å². The smallest absolute Gasteiger partial charge is 0.306 e. The first kappa shape index (κ1) is 20.7. The first-order valence-corrected chi connectivity index (χ1v) is 13.1. The van der Waals surface area contributed by atoms with E-state index in [-0.39, 0.29) is 23.2 Å². The molecule has 0 radical (unpaired) electrons. The second-order valence-corrected chi connectivity index (χ2v) is 14.2. The van der Waals surface area contributed by atoms with Gasteiger partial charge in [-0.15, -0.1) is 0 Å². The Kier molecular flexibility index (Phi) is 6.94. The summed E-state index contributed by atoms with van der Waals surface area (Å²) in [5.41, 5.74) is 0. The Morgan fingerprint density at radius 1 is 1.24 bits per heavy atom. The largest absolute Gasteiger partial charge is 0.462 e. The van der Waals surface area contributed by atoms with Gasteiger partial charge in [0.25, 0.3) is 0 Å². The zero-order chi connectivity index (χ0) is 18.7. The number of carbonyl (C=O) groups is 1. The molecule has 4 heteroatoms. The first-order chi connectivity index (χ1) is 11.7. The molecular weight excluding hydrogens is 328 g/mol. The quantitative estimate of drug-likeness (QED) is 0.234. The van der Waals surface area contributed by atoms with Crippen molar-refractivity contribution >= 4 is 14.3 Å². The molecule has 1 heterocycles. The molecule has 0 aromatic heterocycles. The second-order valence-electron chi connectivity index (χ2n) is 9.40. The third-order valence-electron chi connectivity index (χ3n) is 6.39. The van der Waals surface area contributed by atoms with Gasteiger partial charge in [0.05, 0.1) is 12.5 Å². The van der Waals surface area contributed by atoms with Crippen molar-refractivity contribution in [1.82, 2.24) is 0 Å². The fraction of sp³-hybridized carbons (Fsp3) is 0.857. The molecule has 25 heavy (non-hydrogen) atoms. The standard InChI is InChI=1S/C21H38O3Si/c1-7-8-9-10-11-12-13-16-17-14-20(22)23-18(17)15-19(16)24-25(5,6)21(2,3)4/h12-13,16-19H,7-11,14-15H2,1-6H3. The maximum absolute atomic E-state index is 11.7. The summed E-state index contributed by atoms with van der Waals surface area (Å²) in [4.78, 5) is 11.7. The Labute approximate surface area is 155 Å². The normalized spacial score (nSPS) is 30.1. The molecular formula is C21H38O3Si. The van der Waals surface area contributed by atoms with Crippen LogP contribution in [0.2, 0.25) is 18.1 Å². The van der Waals surface area contributed by atoms with Gasteiger partial charge in [0, 0.05) is 18.3 Å². The van der Waals surface area contributed by atoms with Gasteiger partial charge in [-0.1, -0.05) is 59.1 Å². The van der Waals surface area contributed by atoms with Crippen LogP contribution in [0.15, 0.2) is 12.2 Å². The Morgan fingerprint density at radius 2 is 1.96 bits per heavy atom. The number of carbonyl (C=O) groups excluding carboxylic acids is 1. The van der Waals surface area contributed by atoms with Crippen LogP contribution in [0.1, 0.15) is 72.6 Å². The summed E-state index contributed by atoms with van der Waals surface area (Å²) in [7, 11) is -1.82. The van der Waals surface area contributed by atoms with E-state index in [0.717, 1.165) is 12.8 Å². The summed E-state index contributed by atoms with van der Waals surface area (Å²) in [5, 5.41) is 0.204. The maximum Gasteiger partial charge on any atom is 0.306 e. The monoisotopic (exact) mass is 366 g/mol. The number of allylic oxidation sites excluding steroid dienone is 1. The SMILES string of the molecule is CCCCCCC=CC1C(O[Si](C)(C)C(C)(C)C)CC2OC(=O)CC21. The van der Waals surface area contributed by atoms with Crippen LogP contribution in [0.4, 0.5) is 0 Å². The summed E-state index contributed by atoms with van der Waals surface area (Å²) in [5.74, 6) is 0.619. The average Bonchev–Trinajstić information content (AvgIpc) is 2.98. The third kappa shape index (κ3) is 5.19. The molecule has 144 valence electrons. The van der Waals surface area contributed by atoms with Crippen molar-refractivity contribution in [2.75, 3.05) is 0 Å². The van der Waals surface area contributed by atoms with E-state index in [1.54, 1.807) is 0 Å². The van der Waals surface area contributed by atoms with E-state index >= 15 is 0 Å². The van der Waals surface area contributed by atoms with E-state index in [4.69, 9.17) is 9.16 Å². The van der Waals surface area contributed by atoms with Crippen LogP contribution in [0.25, 0.3) is 0 Å². The lowest BCUT2D eigenvalue weighted by Gasteiger charge is -2.39. The van der Waals surface area contributed by atoms with E-state index < -0.39 is 8.32 Å². The number of rotatable bonds is 8. The maximum atomic E-state index is 11.7. The number of ether oxygens (including phenoxy) is 1. The molecule has 4 unspecified atom stereocenters. The van der Waals surface area contributed by atoms with Crippen molar-refractivity contribution < 1.29 is 14.0 Å². The van der Waals surface area contributed by atoms with Crippen LogP contribution in [0.3, 0.4) is 0 Å². The Morgan fingerprint density at radius 3 is 2.60 bits per heavy atom. The van der Waals surface area contributed by atoms with Gasteiger partial charge in [0.2, 0.25) is 0 Å². The lowest BCUT2D eigenvalue weighted by Crippen LogP contribution is -2.45. The van der Waals surface area contributed by atoms with Crippen molar-refractivity contribution in [3.05, 3.63) is 12.2 Å². The van der Waals surface area contributed by atoms with Crippen molar-refractivity contribution in [2.24, 2.45) is 11.8 Å². The number of hydrogen-bond donors (Lipinski definition) is 0. The summed E-state index contributed by atoms with van der Waals surface area (Å²) in [6.07, 6.45) is 12.7. The predicted octanol–water partition coefficient (Wildman–Crippen LogP) is 5.86. The average molecular weight is 367 g/mol. The van der Waals surface area contributed by atoms with Gasteiger partial charge in [0.15, 0.2) is 8.32 Å². The topological polar surface area (TPSA) is 35.5 Å². The molecule has 2 rings (SSSR count). The van der Waals surface area contributed by atoms with E-state index in [1.165, 1.54) is 25.7 Å². The van der Waals surface area contributed by atoms with Gasteiger partial charge >= 0.3 is 5.97 Å². The molecule has 0 aromatic rings. The zero-order valence-electron chi connectivity index (χ0n) is 17.1. The van der Waals surface area contributed by atoms with Crippen LogP contribution >= 0.6 is 0 Å². The van der Waals surface area contributed by atoms with Crippen LogP contribution in [-0.4, -0.2) is 26.5 Å². The van der Waals surface area contributed by atoms with Crippen LogP contribution in [0, 0.1) is 11.8 Å². The fourth-order valence-electron chi connectivity index (χ4n) is 3.79. The number of hydrogen-bond acceptors (Lipinski definition) is 3. The third-order valence-corrected chi connectivity index (χ3v) is 10.9. The van der Waals surface area contributed by atoms with Crippen LogP contribution < -0.4 is 0 Å². The van der Waals surface area contributed by atoms with E-state index in [1.807, 2.05) is 0 Å². The van der Waals surface area contributed by atoms with Gasteiger partial charge in [-0.2, -0.15) is 0 Å². The highest BCUT2D eigenvalue weighted by molar-refractivity contribution is 6.74. The summed E-state index contributed by atoms with van der Waals surface area (Å²) in [6, 6.07) is 0. The predicted molar refractivity (Wildman–Crippen MR) is 106 cm³/mol. The molecule has 1 saturated heterocycles. The van der Waals surface area contributed by atoms with E-state index in [2.05, 4.69) is 52.9 Å². The summed E-state index contributed by atoms with van der Waals surface area (Å²) in [6.45, 7) is 13.7. The van der Waals surface area contributed by atoms with Crippen LogP contribution in [0.5, 0.6) is 0 Å². The highest BCUT2D eigenvalue weighted by Crippen LogP contribution is 2.47. The van der Waals surface area contributed by atoms with Gasteiger partial charge in [0.1, 0.15) is 6.10 Å². The molecule has 0 N–H and O–H groups in total. The molecule has 0 aromatic carbocycles. The number of fused-ring (bicyclic) bond motifs is 1. The molecule has 1 saturated carbocycles. The molecule has 1 aliphatic carbocycles. The minimum Gasteiger partial charge on any atom is -0.462 e. The second kappa shape index (κ2) is 8.39. The fourth-order valence-corrected chi connectivity index (χ4v) is 5.15. The molecule has 2 aliphatic rings. The van der Waals surface area contributed by atoms with Gasteiger partial charge in [-0.05, 0) is 31.0 Å². The minimum absolute atomic E-state index is 0.0258. The van der Waals surface area contributed by atoms with Crippen molar-refractivity contribution in [2.45, 2.75) is 103 Å². The van der Waals surface area contributed by atoms with Crippen molar-refractivity contribution in [3.8, 4) is 0 Å². The number of unbranched alkanes of at least 4 members (excludes halogenated alkanes) is 4. The molecule has 3 nitrogen and oxygen atoms in total. The van der Waals surface area contributed by atoms with Gasteiger partial charge in [-0.3, -0.25) is 4.79 Å². The van der Waals surface area contributed by atoms with Gasteiger partial charge < -0.3 is 9.16 Å². The van der Waals surface area contributed by atoms with Crippen LogP contribution in [-0.2, 0) is 14.0 Å². The molecule has 0 bridgehead atoms. The highest BCUT2D eigenvalue weighted by Gasteiger charge is 2.52. The Balaban J connectivity index is 2.02. The lowest BCUT2D eigenvalue weighted by atomic mass is 9.91. The zero-order valence-corrected chi connectivity index (χ0v) is 18.1. The van der Waals surface area contributed by atoms with Crippen molar-refractivity contribution in [3.63, 3.8) is 0 Å². The molecule has 2 fully saturated rings. The Hall–Kier alpha value is -0.613. The lowest BCUT2D eigenvalue weighted by molar-refractivity contribution is -0.141.